The normalized spacial score (nSPS) is 31.1. The van der Waals surface area contributed by atoms with Gasteiger partial charge in [-0.2, -0.15) is 0 Å². The molecule has 7 unspecified atom stereocenters. The Morgan fingerprint density at radius 3 is 2.62 bits per heavy atom. The maximum absolute atomic E-state index is 14.1. The molecule has 1 aliphatic heterocycles. The molecule has 0 radical (unpaired) electrons. The Hall–Kier alpha value is -2.42. The van der Waals surface area contributed by atoms with E-state index in [0.717, 1.165) is 44.1 Å². The number of hydrogen-bond acceptors (Lipinski definition) is 6. The van der Waals surface area contributed by atoms with Crippen LogP contribution < -0.4 is 10.1 Å². The van der Waals surface area contributed by atoms with Crippen LogP contribution in [0.4, 0.5) is 0 Å². The minimum absolute atomic E-state index is 0.0361. The zero-order valence-electron chi connectivity index (χ0n) is 25.5. The van der Waals surface area contributed by atoms with Gasteiger partial charge in [-0.05, 0) is 61.5 Å². The molecule has 0 aromatic heterocycles. The van der Waals surface area contributed by atoms with Crippen molar-refractivity contribution in [1.29, 1.82) is 0 Å². The number of para-hydroxylation sites is 1. The van der Waals surface area contributed by atoms with Crippen LogP contribution in [-0.2, 0) is 14.3 Å². The van der Waals surface area contributed by atoms with Gasteiger partial charge in [0.1, 0.15) is 24.6 Å². The Balaban J connectivity index is 1.43. The van der Waals surface area contributed by atoms with Crippen LogP contribution in [0.25, 0.3) is 0 Å². The Kier molecular flexibility index (Phi) is 10.3. The third-order valence-electron chi connectivity index (χ3n) is 10.1. The van der Waals surface area contributed by atoms with Crippen molar-refractivity contribution in [3.63, 3.8) is 0 Å². The van der Waals surface area contributed by atoms with Gasteiger partial charge in [0.15, 0.2) is 0 Å². The highest BCUT2D eigenvalue weighted by Gasteiger charge is 2.50. The molecule has 2 amide bonds. The zero-order valence-corrected chi connectivity index (χ0v) is 25.5. The second-order valence-corrected chi connectivity index (χ2v) is 13.4. The van der Waals surface area contributed by atoms with E-state index < -0.39 is 24.2 Å². The van der Waals surface area contributed by atoms with Crippen LogP contribution >= 0.6 is 0 Å². The van der Waals surface area contributed by atoms with E-state index in [0.29, 0.717) is 41.5 Å². The van der Waals surface area contributed by atoms with E-state index >= 15 is 0 Å². The fourth-order valence-corrected chi connectivity index (χ4v) is 7.80. The average molecular weight is 583 g/mol. The first-order valence-corrected chi connectivity index (χ1v) is 16.2. The number of hydrogen-bond donors (Lipinski definition) is 3. The first-order chi connectivity index (χ1) is 20.3. The predicted octanol–water partition coefficient (Wildman–Crippen LogP) is 4.20. The number of rotatable bonds is 10. The van der Waals surface area contributed by atoms with Crippen LogP contribution in [0.1, 0.15) is 83.6 Å². The van der Waals surface area contributed by atoms with Gasteiger partial charge in [-0.25, -0.2) is 0 Å². The second-order valence-electron chi connectivity index (χ2n) is 13.4. The van der Waals surface area contributed by atoms with Gasteiger partial charge < -0.3 is 29.9 Å². The fourth-order valence-electron chi connectivity index (χ4n) is 7.80. The van der Waals surface area contributed by atoms with Crippen LogP contribution in [0.15, 0.2) is 35.9 Å². The standard InChI is InChI=1S/C34H50N2O6/c1-21(2)24-14-13-22(3)17-29(24)41-20-30(38)36(19-23-9-5-4-6-10-23)27-18-26(34(40)35-15-16-37)31-25-11-7-8-12-28(25)42-33(31)32(27)39/h7-8,11-12,18,21-24,27,29,31-33,37,39H,4-6,9-10,13-17,19-20H2,1-3H3,(H,35,40). The van der Waals surface area contributed by atoms with Crippen LogP contribution in [0.2, 0.25) is 0 Å². The summed E-state index contributed by atoms with van der Waals surface area (Å²) in [5.41, 5.74) is 1.32. The van der Waals surface area contributed by atoms with E-state index in [1.807, 2.05) is 24.3 Å². The molecule has 42 heavy (non-hydrogen) atoms. The molecule has 0 spiro atoms. The summed E-state index contributed by atoms with van der Waals surface area (Å²) >= 11 is 0. The lowest BCUT2D eigenvalue weighted by atomic mass is 9.75. The van der Waals surface area contributed by atoms with E-state index in [1.54, 1.807) is 11.0 Å². The van der Waals surface area contributed by atoms with Crippen LogP contribution in [0.5, 0.6) is 5.75 Å². The lowest BCUT2D eigenvalue weighted by Crippen LogP contribution is -2.57. The first kappa shape index (κ1) is 31.0. The highest BCUT2D eigenvalue weighted by Crippen LogP contribution is 2.47. The molecule has 2 saturated carbocycles. The van der Waals surface area contributed by atoms with Crippen molar-refractivity contribution in [1.82, 2.24) is 10.2 Å². The highest BCUT2D eigenvalue weighted by molar-refractivity contribution is 5.96. The third-order valence-corrected chi connectivity index (χ3v) is 10.1. The van der Waals surface area contributed by atoms with Crippen molar-refractivity contribution < 1.29 is 29.3 Å². The van der Waals surface area contributed by atoms with Gasteiger partial charge in [-0.1, -0.05) is 64.7 Å². The van der Waals surface area contributed by atoms with Gasteiger partial charge in [0.2, 0.25) is 11.8 Å². The van der Waals surface area contributed by atoms with Gasteiger partial charge in [0, 0.05) is 24.2 Å². The summed E-state index contributed by atoms with van der Waals surface area (Å²) in [6, 6.07) is 6.84. The third kappa shape index (κ3) is 6.71. The fraction of sp³-hybridized carbons (Fsp3) is 0.706. The number of fused-ring (bicyclic) bond motifs is 3. The molecule has 1 heterocycles. The topological polar surface area (TPSA) is 108 Å². The molecule has 3 N–H and O–H groups in total. The molecule has 8 heteroatoms. The summed E-state index contributed by atoms with van der Waals surface area (Å²) in [5, 5.41) is 24.0. The van der Waals surface area contributed by atoms with Gasteiger partial charge in [0.05, 0.1) is 24.7 Å². The minimum atomic E-state index is -1.01. The number of amides is 2. The van der Waals surface area contributed by atoms with Gasteiger partial charge in [-0.3, -0.25) is 9.59 Å². The van der Waals surface area contributed by atoms with Gasteiger partial charge in [-0.15, -0.1) is 0 Å². The summed E-state index contributed by atoms with van der Waals surface area (Å²) in [6.07, 6.45) is 8.95. The lowest BCUT2D eigenvalue weighted by Gasteiger charge is -2.43. The maximum atomic E-state index is 14.1. The van der Waals surface area contributed by atoms with E-state index in [9.17, 15) is 19.8 Å². The van der Waals surface area contributed by atoms with Gasteiger partial charge in [0.25, 0.3) is 0 Å². The van der Waals surface area contributed by atoms with E-state index in [-0.39, 0.29) is 37.7 Å². The molecule has 1 aromatic carbocycles. The zero-order chi connectivity index (χ0) is 29.8. The van der Waals surface area contributed by atoms with Crippen molar-refractivity contribution in [2.75, 3.05) is 26.3 Å². The van der Waals surface area contributed by atoms with Gasteiger partial charge >= 0.3 is 0 Å². The molecule has 3 aliphatic carbocycles. The lowest BCUT2D eigenvalue weighted by molar-refractivity contribution is -0.148. The molecule has 7 atom stereocenters. The number of carbonyl (C=O) groups excluding carboxylic acids is 2. The molecule has 0 saturated heterocycles. The number of aliphatic hydroxyl groups is 2. The predicted molar refractivity (Wildman–Crippen MR) is 161 cm³/mol. The molecule has 5 rings (SSSR count). The Bertz CT molecular complexity index is 1120. The Morgan fingerprint density at radius 1 is 1.12 bits per heavy atom. The van der Waals surface area contributed by atoms with E-state index in [1.165, 1.54) is 12.8 Å². The monoisotopic (exact) mass is 582 g/mol. The largest absolute Gasteiger partial charge is 0.486 e. The second kappa shape index (κ2) is 13.9. The molecular formula is C34H50N2O6. The van der Waals surface area contributed by atoms with E-state index in [2.05, 4.69) is 26.1 Å². The molecule has 232 valence electrons. The van der Waals surface area contributed by atoms with Crippen LogP contribution in [0, 0.1) is 23.7 Å². The van der Waals surface area contributed by atoms with Crippen molar-refractivity contribution in [3.8, 4) is 5.75 Å². The number of benzene rings is 1. The van der Waals surface area contributed by atoms with E-state index in [4.69, 9.17) is 9.47 Å². The minimum Gasteiger partial charge on any atom is -0.486 e. The van der Waals surface area contributed by atoms with Crippen molar-refractivity contribution in [2.45, 2.75) is 102 Å². The molecule has 4 aliphatic rings. The molecule has 2 fully saturated rings. The maximum Gasteiger partial charge on any atom is 0.249 e. The summed E-state index contributed by atoms with van der Waals surface area (Å²) in [7, 11) is 0. The van der Waals surface area contributed by atoms with Crippen LogP contribution in [0.3, 0.4) is 0 Å². The average Bonchev–Trinajstić information content (AvgIpc) is 3.38. The SMILES string of the molecule is CC1CCC(C(C)C)C(OCC(=O)N(CC2CCCCC2)C2C=C(C(=O)NCCO)C3c4ccccc4OC3C2O)C1. The summed E-state index contributed by atoms with van der Waals surface area (Å²) < 4.78 is 12.7. The first-order valence-electron chi connectivity index (χ1n) is 16.2. The van der Waals surface area contributed by atoms with Crippen molar-refractivity contribution in [2.24, 2.45) is 23.7 Å². The summed E-state index contributed by atoms with van der Waals surface area (Å²) in [6.45, 7) is 7.16. The smallest absolute Gasteiger partial charge is 0.249 e. The molecule has 0 bridgehead atoms. The number of carbonyl (C=O) groups is 2. The number of ether oxygens (including phenoxy) is 2. The number of nitrogens with zero attached hydrogens (tertiary/aromatic N) is 1. The molecular weight excluding hydrogens is 532 g/mol. The highest BCUT2D eigenvalue weighted by atomic mass is 16.5. The van der Waals surface area contributed by atoms with Crippen molar-refractivity contribution in [3.05, 3.63) is 41.5 Å². The Morgan fingerprint density at radius 2 is 1.88 bits per heavy atom. The molecule has 8 nitrogen and oxygen atoms in total. The number of nitrogens with one attached hydrogen (secondary N) is 1. The van der Waals surface area contributed by atoms with Crippen molar-refractivity contribution >= 4 is 11.8 Å². The summed E-state index contributed by atoms with van der Waals surface area (Å²) in [4.78, 5) is 29.3. The summed E-state index contributed by atoms with van der Waals surface area (Å²) in [5.74, 6) is 1.55. The van der Waals surface area contributed by atoms with Crippen LogP contribution in [-0.4, -0.2) is 77.6 Å². The number of aliphatic hydroxyl groups excluding tert-OH is 2. The Labute approximate surface area is 250 Å². The quantitative estimate of drug-likeness (QED) is 0.382. The molecule has 1 aromatic rings.